The van der Waals surface area contributed by atoms with Crippen LogP contribution in [0.2, 0.25) is 0 Å². The third-order valence-electron chi connectivity index (χ3n) is 4.41. The van der Waals surface area contributed by atoms with Gasteiger partial charge in [-0.2, -0.15) is 0 Å². The molecular formula is C27H19IrN3-2. The van der Waals surface area contributed by atoms with Crippen molar-refractivity contribution in [1.29, 1.82) is 0 Å². The number of pyridine rings is 3. The van der Waals surface area contributed by atoms with Crippen molar-refractivity contribution in [3.8, 4) is 33.6 Å². The molecule has 0 aliphatic heterocycles. The zero-order valence-corrected chi connectivity index (χ0v) is 19.0. The molecule has 5 rings (SSSR count). The summed E-state index contributed by atoms with van der Waals surface area (Å²) in [7, 11) is 0. The van der Waals surface area contributed by atoms with E-state index >= 15 is 0 Å². The summed E-state index contributed by atoms with van der Waals surface area (Å²) in [6.45, 7) is 0. The normalized spacial score (nSPS) is 9.68. The molecule has 153 valence electrons. The zero-order chi connectivity index (χ0) is 20.4. The van der Waals surface area contributed by atoms with Gasteiger partial charge in [-0.1, -0.05) is 18.2 Å². The molecule has 0 N–H and O–H groups in total. The van der Waals surface area contributed by atoms with E-state index in [4.69, 9.17) is 0 Å². The Balaban J connectivity index is 0.000000183. The molecule has 3 heterocycles. The third-order valence-corrected chi connectivity index (χ3v) is 4.41. The Bertz CT molecular complexity index is 1070. The van der Waals surface area contributed by atoms with E-state index in [1.807, 2.05) is 84.9 Å². The maximum atomic E-state index is 4.47. The van der Waals surface area contributed by atoms with Gasteiger partial charge in [0.15, 0.2) is 0 Å². The number of nitrogens with zero attached hydrogens (tertiary/aromatic N) is 3. The van der Waals surface area contributed by atoms with Crippen LogP contribution in [0.5, 0.6) is 0 Å². The third kappa shape index (κ3) is 6.02. The summed E-state index contributed by atoms with van der Waals surface area (Å²) >= 11 is 0. The monoisotopic (exact) mass is 578 g/mol. The van der Waals surface area contributed by atoms with E-state index in [1.54, 1.807) is 24.8 Å². The Morgan fingerprint density at radius 3 is 1.87 bits per heavy atom. The number of rotatable bonds is 3. The summed E-state index contributed by atoms with van der Waals surface area (Å²) in [5, 5.41) is 0. The van der Waals surface area contributed by atoms with Gasteiger partial charge < -0.3 is 9.97 Å². The first kappa shape index (κ1) is 22.2. The average Bonchev–Trinajstić information content (AvgIpc) is 2.87. The first-order valence-corrected chi connectivity index (χ1v) is 9.62. The van der Waals surface area contributed by atoms with Crippen molar-refractivity contribution in [1.82, 2.24) is 15.0 Å². The fourth-order valence-corrected chi connectivity index (χ4v) is 3.00. The predicted molar refractivity (Wildman–Crippen MR) is 120 cm³/mol. The second-order valence-corrected chi connectivity index (χ2v) is 6.40. The van der Waals surface area contributed by atoms with Gasteiger partial charge in [0, 0.05) is 44.9 Å². The van der Waals surface area contributed by atoms with Gasteiger partial charge in [0.25, 0.3) is 0 Å². The van der Waals surface area contributed by atoms with Gasteiger partial charge >= 0.3 is 0 Å². The molecule has 0 aliphatic rings. The van der Waals surface area contributed by atoms with Gasteiger partial charge in [-0.05, 0) is 46.8 Å². The van der Waals surface area contributed by atoms with Gasteiger partial charge in [0.1, 0.15) is 0 Å². The number of aromatic nitrogens is 3. The van der Waals surface area contributed by atoms with Crippen molar-refractivity contribution in [2.45, 2.75) is 0 Å². The van der Waals surface area contributed by atoms with Gasteiger partial charge in [-0.3, -0.25) is 4.98 Å². The second kappa shape index (κ2) is 11.7. The molecule has 0 aliphatic carbocycles. The largest absolute Gasteiger partial charge is 0.305 e. The summed E-state index contributed by atoms with van der Waals surface area (Å²) < 4.78 is 0. The van der Waals surface area contributed by atoms with Crippen LogP contribution in [0.25, 0.3) is 33.6 Å². The molecule has 0 spiro atoms. The van der Waals surface area contributed by atoms with Crippen molar-refractivity contribution in [2.24, 2.45) is 0 Å². The Morgan fingerprint density at radius 1 is 0.548 bits per heavy atom. The van der Waals surface area contributed by atoms with Crippen LogP contribution in [0.4, 0.5) is 0 Å². The molecule has 2 aromatic carbocycles. The molecule has 1 radical (unpaired) electrons. The molecule has 0 fully saturated rings. The summed E-state index contributed by atoms with van der Waals surface area (Å²) in [6.07, 6.45) is 7.18. The predicted octanol–water partition coefficient (Wildman–Crippen LogP) is 6.16. The molecule has 31 heavy (non-hydrogen) atoms. The summed E-state index contributed by atoms with van der Waals surface area (Å²) in [5.74, 6) is 0. The van der Waals surface area contributed by atoms with E-state index in [2.05, 4.69) is 33.2 Å². The summed E-state index contributed by atoms with van der Waals surface area (Å²) in [5.41, 5.74) is 6.18. The molecule has 0 saturated heterocycles. The smallest absolute Gasteiger partial charge is 0.0273 e. The minimum atomic E-state index is 0. The first-order valence-electron chi connectivity index (χ1n) is 9.62. The summed E-state index contributed by atoms with van der Waals surface area (Å²) in [4.78, 5) is 12.7. The van der Waals surface area contributed by atoms with Crippen molar-refractivity contribution in [3.63, 3.8) is 0 Å². The standard InChI is InChI=1S/C16H11N2.C11H8N.Ir/c1-2-5-14(6-3-1)16-15(7-4-10-18-16)13-8-11-17-12-9-13;1-2-6-10(7-3-1)11-8-4-5-9-12-11;/h1-5,7-12H;1-6,8-9H;/q2*-1;. The van der Waals surface area contributed by atoms with Crippen LogP contribution >= 0.6 is 0 Å². The van der Waals surface area contributed by atoms with Crippen molar-refractivity contribution in [2.75, 3.05) is 0 Å². The maximum absolute atomic E-state index is 4.47. The van der Waals surface area contributed by atoms with Crippen molar-refractivity contribution in [3.05, 3.63) is 128 Å². The second-order valence-electron chi connectivity index (χ2n) is 6.40. The van der Waals surface area contributed by atoms with Crippen LogP contribution in [0.15, 0.2) is 116 Å². The van der Waals surface area contributed by atoms with Crippen molar-refractivity contribution < 1.29 is 20.1 Å². The minimum absolute atomic E-state index is 0. The van der Waals surface area contributed by atoms with Crippen LogP contribution in [0.3, 0.4) is 0 Å². The molecular weight excluding hydrogens is 559 g/mol. The maximum Gasteiger partial charge on any atom is 0.0273 e. The molecule has 3 nitrogen and oxygen atoms in total. The molecule has 0 amide bonds. The zero-order valence-electron chi connectivity index (χ0n) is 16.6. The van der Waals surface area contributed by atoms with E-state index in [-0.39, 0.29) is 20.1 Å². The first-order chi connectivity index (χ1) is 14.9. The number of hydrogen-bond donors (Lipinski definition) is 0. The minimum Gasteiger partial charge on any atom is -0.305 e. The van der Waals surface area contributed by atoms with Gasteiger partial charge in [-0.15, -0.1) is 71.8 Å². The Morgan fingerprint density at radius 2 is 1.23 bits per heavy atom. The van der Waals surface area contributed by atoms with E-state index in [0.29, 0.717) is 0 Å². The quantitative estimate of drug-likeness (QED) is 0.241. The molecule has 0 unspecified atom stereocenters. The molecule has 0 atom stereocenters. The molecule has 3 aromatic heterocycles. The van der Waals surface area contributed by atoms with Gasteiger partial charge in [-0.25, -0.2) is 0 Å². The Hall–Kier alpha value is -3.46. The Labute approximate surface area is 196 Å². The summed E-state index contributed by atoms with van der Waals surface area (Å²) in [6, 6.07) is 35.9. The molecule has 0 bridgehead atoms. The van der Waals surface area contributed by atoms with Crippen LogP contribution in [0.1, 0.15) is 0 Å². The van der Waals surface area contributed by atoms with E-state index in [9.17, 15) is 0 Å². The number of hydrogen-bond acceptors (Lipinski definition) is 3. The fourth-order valence-electron chi connectivity index (χ4n) is 3.00. The molecule has 5 aromatic rings. The SMILES string of the molecule is [Ir].[c-]1ccccc1-c1ccccn1.[c-]1ccccc1-c1ncccc1-c1ccncc1. The molecule has 4 heteroatoms. The van der Waals surface area contributed by atoms with Gasteiger partial charge in [0.05, 0.1) is 0 Å². The van der Waals surface area contributed by atoms with E-state index in [1.165, 1.54) is 0 Å². The van der Waals surface area contributed by atoms with E-state index < -0.39 is 0 Å². The average molecular weight is 578 g/mol. The Kier molecular flexibility index (Phi) is 8.36. The van der Waals surface area contributed by atoms with Crippen LogP contribution in [-0.2, 0) is 20.1 Å². The van der Waals surface area contributed by atoms with Crippen LogP contribution in [-0.4, -0.2) is 15.0 Å². The van der Waals surface area contributed by atoms with E-state index in [0.717, 1.165) is 33.6 Å². The number of benzene rings is 2. The topological polar surface area (TPSA) is 38.7 Å². The van der Waals surface area contributed by atoms with Crippen LogP contribution in [0, 0.1) is 12.1 Å². The molecule has 0 saturated carbocycles. The van der Waals surface area contributed by atoms with Crippen LogP contribution < -0.4 is 0 Å². The van der Waals surface area contributed by atoms with Gasteiger partial charge in [0.2, 0.25) is 0 Å². The van der Waals surface area contributed by atoms with Crippen molar-refractivity contribution >= 4 is 0 Å². The fraction of sp³-hybridized carbons (Fsp3) is 0.